The van der Waals surface area contributed by atoms with E-state index in [0.29, 0.717) is 0 Å². The zero-order chi connectivity index (χ0) is 61.7. The monoisotopic (exact) mass is 1180 g/mol. The third kappa shape index (κ3) is 8.12. The van der Waals surface area contributed by atoms with Crippen LogP contribution in [-0.2, 0) is 10.8 Å². The van der Waals surface area contributed by atoms with E-state index in [9.17, 15) is 0 Å². The van der Waals surface area contributed by atoms with E-state index >= 15 is 0 Å². The summed E-state index contributed by atoms with van der Waals surface area (Å²) in [5.41, 5.74) is 28.3. The van der Waals surface area contributed by atoms with Gasteiger partial charge in [-0.25, -0.2) is 0 Å². The Morgan fingerprint density at radius 3 is 1.03 bits per heavy atom. The fourth-order valence-electron chi connectivity index (χ4n) is 15.4. The Morgan fingerprint density at radius 2 is 0.630 bits per heavy atom. The molecule has 0 fully saturated rings. The molecule has 0 saturated heterocycles. The van der Waals surface area contributed by atoms with Crippen LogP contribution in [0.3, 0.4) is 0 Å². The van der Waals surface area contributed by atoms with Crippen LogP contribution in [0.5, 0.6) is 23.0 Å². The predicted octanol–water partition coefficient (Wildman–Crippen LogP) is 21.7. The van der Waals surface area contributed by atoms with Crippen LogP contribution in [0.2, 0.25) is 0 Å². The lowest BCUT2D eigenvalue weighted by atomic mass is 9.32. The van der Waals surface area contributed by atoms with Gasteiger partial charge in [-0.05, 0) is 110 Å². The molecule has 0 saturated carbocycles. The summed E-state index contributed by atoms with van der Waals surface area (Å²) >= 11 is 0. The molecule has 0 radical (unpaired) electrons. The Bertz CT molecular complexity index is 5070. The smallest absolute Gasteiger partial charge is 0.252 e. The summed E-state index contributed by atoms with van der Waals surface area (Å²) in [5, 5.41) is 2.40. The van der Waals surface area contributed by atoms with Crippen molar-refractivity contribution in [2.75, 3.05) is 9.80 Å². The topological polar surface area (TPSA) is 29.9 Å². The van der Waals surface area contributed by atoms with Gasteiger partial charge in [0.25, 0.3) is 6.71 Å². The molecule has 18 rings (SSSR count). The van der Waals surface area contributed by atoms with E-state index in [0.717, 1.165) is 141 Å². The van der Waals surface area contributed by atoms with Gasteiger partial charge >= 0.3 is 0 Å². The summed E-state index contributed by atoms with van der Waals surface area (Å²) < 4.78 is 17.4. The van der Waals surface area contributed by atoms with Crippen molar-refractivity contribution in [1.29, 1.82) is 0 Å². The highest BCUT2D eigenvalue weighted by atomic mass is 16.5. The molecule has 5 nitrogen and oxygen atoms in total. The van der Waals surface area contributed by atoms with Crippen LogP contribution >= 0.6 is 0 Å². The Hall–Kier alpha value is -11.1. The van der Waals surface area contributed by atoms with Crippen LogP contribution in [0.25, 0.3) is 94.3 Å². The molecule has 4 aliphatic rings. The van der Waals surface area contributed by atoms with Gasteiger partial charge in [0.1, 0.15) is 23.0 Å². The minimum absolute atomic E-state index is 0.281. The molecule has 5 heterocycles. The maximum absolute atomic E-state index is 7.44. The van der Waals surface area contributed by atoms with Crippen LogP contribution in [0, 0.1) is 0 Å². The standard InChI is InChI=1S/C86H64BN3O2/c1-85(2,3)55-47-68-64-35-17-23-45-78(64)91-76-43-21-15-33-62(76)66-39-25-37-58(53-27-9-7-10-28-53)81(66)89-74-51-57(88-72-41-19-13-31-60(72)61-32-14-20-42-73(61)88)52-75-80(74)87(70(49-55)83(68)89)71-50-56(86(4,5)6)48-69-65-36-18-24-46-79(65)92-77-44-22-16-34-63(77)67-40-26-38-59(54-29-11-8-12-30-54)82(67)90(75)84(69)71/h7-52H,1-6H3. The summed E-state index contributed by atoms with van der Waals surface area (Å²) in [6.07, 6.45) is 0. The second kappa shape index (κ2) is 20.2. The van der Waals surface area contributed by atoms with E-state index in [-0.39, 0.29) is 17.5 Å². The van der Waals surface area contributed by atoms with Gasteiger partial charge in [0.05, 0.1) is 28.1 Å². The molecule has 0 unspecified atom stereocenters. The van der Waals surface area contributed by atoms with Crippen molar-refractivity contribution in [1.82, 2.24) is 4.57 Å². The lowest BCUT2D eigenvalue weighted by Crippen LogP contribution is -2.62. The Kier molecular flexibility index (Phi) is 11.8. The molecule has 4 aliphatic heterocycles. The van der Waals surface area contributed by atoms with Gasteiger partial charge in [0.15, 0.2) is 0 Å². The average molecular weight is 1180 g/mol. The van der Waals surface area contributed by atoms with E-state index in [1.54, 1.807) is 0 Å². The van der Waals surface area contributed by atoms with Crippen molar-refractivity contribution < 1.29 is 9.47 Å². The van der Waals surface area contributed by atoms with Gasteiger partial charge < -0.3 is 23.8 Å². The largest absolute Gasteiger partial charge is 0.456 e. The van der Waals surface area contributed by atoms with Gasteiger partial charge in [0.2, 0.25) is 0 Å². The summed E-state index contributed by atoms with van der Waals surface area (Å²) in [4.78, 5) is 5.42. The number of rotatable bonds is 3. The van der Waals surface area contributed by atoms with Gasteiger partial charge in [-0.2, -0.15) is 0 Å². The summed E-state index contributed by atoms with van der Waals surface area (Å²) in [5.74, 6) is 3.17. The van der Waals surface area contributed by atoms with E-state index in [4.69, 9.17) is 9.47 Å². The van der Waals surface area contributed by atoms with Crippen molar-refractivity contribution in [2.45, 2.75) is 52.4 Å². The molecule has 0 spiro atoms. The fourth-order valence-corrected chi connectivity index (χ4v) is 15.4. The van der Waals surface area contributed by atoms with Crippen LogP contribution in [-0.4, -0.2) is 11.3 Å². The number of fused-ring (bicyclic) bond motifs is 19. The lowest BCUT2D eigenvalue weighted by Gasteiger charge is -2.48. The Morgan fingerprint density at radius 1 is 0.293 bits per heavy atom. The van der Waals surface area contributed by atoms with Crippen molar-refractivity contribution >= 4 is 79.0 Å². The Labute approximate surface area is 537 Å². The summed E-state index contributed by atoms with van der Waals surface area (Å²) in [6, 6.07) is 104. The van der Waals surface area contributed by atoms with Crippen molar-refractivity contribution in [3.8, 4) is 95.4 Å². The number of anilines is 6. The number of hydrogen-bond donors (Lipinski definition) is 0. The second-order valence-corrected chi connectivity index (χ2v) is 27.1. The quantitative estimate of drug-likeness (QED) is 0.165. The number of aromatic nitrogens is 1. The molecule has 14 aromatic rings. The molecule has 6 heteroatoms. The molecule has 0 N–H and O–H groups in total. The van der Waals surface area contributed by atoms with Gasteiger partial charge in [0, 0.05) is 89.2 Å². The van der Waals surface area contributed by atoms with Crippen molar-refractivity contribution in [3.63, 3.8) is 0 Å². The zero-order valence-electron chi connectivity index (χ0n) is 52.3. The molecular weight excluding hydrogens is 1120 g/mol. The first-order valence-corrected chi connectivity index (χ1v) is 32.2. The maximum Gasteiger partial charge on any atom is 0.252 e. The van der Waals surface area contributed by atoms with E-state index < -0.39 is 0 Å². The first-order chi connectivity index (χ1) is 44.9. The van der Waals surface area contributed by atoms with Crippen molar-refractivity contribution in [3.05, 3.63) is 290 Å². The fraction of sp³-hybridized carbons (Fsp3) is 0.0930. The molecule has 438 valence electrons. The summed E-state index contributed by atoms with van der Waals surface area (Å²) in [7, 11) is 0. The van der Waals surface area contributed by atoms with Crippen LogP contribution in [0.15, 0.2) is 279 Å². The lowest BCUT2D eigenvalue weighted by molar-refractivity contribution is 0.486. The van der Waals surface area contributed by atoms with Crippen molar-refractivity contribution in [2.24, 2.45) is 0 Å². The molecule has 0 amide bonds. The van der Waals surface area contributed by atoms with Gasteiger partial charge in [-0.3, -0.25) is 0 Å². The van der Waals surface area contributed by atoms with Crippen LogP contribution in [0.4, 0.5) is 34.1 Å². The maximum atomic E-state index is 7.44. The highest BCUT2D eigenvalue weighted by Gasteiger charge is 2.49. The normalized spacial score (nSPS) is 13.2. The van der Waals surface area contributed by atoms with E-state index in [1.807, 2.05) is 0 Å². The first kappa shape index (κ1) is 53.9. The number of nitrogens with zero attached hydrogens (tertiary/aromatic N) is 3. The number of hydrogen-bond acceptors (Lipinski definition) is 4. The molecule has 13 aromatic carbocycles. The van der Waals surface area contributed by atoms with E-state index in [2.05, 4.69) is 335 Å². The number of para-hydroxylation sites is 8. The second-order valence-electron chi connectivity index (χ2n) is 27.1. The van der Waals surface area contributed by atoms with Gasteiger partial charge in [-0.15, -0.1) is 0 Å². The highest BCUT2D eigenvalue weighted by Crippen LogP contribution is 2.59. The molecule has 0 aliphatic carbocycles. The third-order valence-corrected chi connectivity index (χ3v) is 19.6. The summed E-state index contributed by atoms with van der Waals surface area (Å²) in [6.45, 7) is 13.9. The predicted molar refractivity (Wildman–Crippen MR) is 385 cm³/mol. The average Bonchev–Trinajstić information content (AvgIpc) is 0.716. The first-order valence-electron chi connectivity index (χ1n) is 32.2. The molecule has 92 heavy (non-hydrogen) atoms. The molecular formula is C86H64BN3O2. The number of benzene rings is 13. The van der Waals surface area contributed by atoms with Crippen LogP contribution in [0.1, 0.15) is 52.7 Å². The highest BCUT2D eigenvalue weighted by molar-refractivity contribution is 7.00. The SMILES string of the molecule is CC(C)(C)c1cc2c3c(c1)-c1ccccc1Oc1ccccc1-c1cccc(-c4ccccc4)c1N3c1cc(-n3c4ccccc4c4ccccc43)cc3c1B2c1cc(C(C)(C)C)cc2c1N3c1c(-c3ccccc3)cccc1-c1ccccc1Oc1ccccc1-2. The van der Waals surface area contributed by atoms with E-state index in [1.165, 1.54) is 38.3 Å². The molecule has 0 atom stereocenters. The third-order valence-electron chi connectivity index (χ3n) is 19.6. The Balaban J connectivity index is 1.12. The minimum Gasteiger partial charge on any atom is -0.456 e. The zero-order valence-corrected chi connectivity index (χ0v) is 52.3. The minimum atomic E-state index is -0.321. The molecule has 1 aromatic heterocycles. The van der Waals surface area contributed by atoms with Gasteiger partial charge in [-0.1, -0.05) is 260 Å². The molecule has 0 bridgehead atoms. The number of ether oxygens (including phenoxy) is 2. The van der Waals surface area contributed by atoms with Crippen LogP contribution < -0.4 is 35.7 Å².